The van der Waals surface area contributed by atoms with Crippen LogP contribution in [0.3, 0.4) is 0 Å². The van der Waals surface area contributed by atoms with Gasteiger partial charge in [0.1, 0.15) is 6.54 Å². The molecule has 0 fully saturated rings. The molecule has 0 atom stereocenters. The lowest BCUT2D eigenvalue weighted by molar-refractivity contribution is -0.121. The summed E-state index contributed by atoms with van der Waals surface area (Å²) in [6.07, 6.45) is 3.08. The molecule has 0 bridgehead atoms. The van der Waals surface area contributed by atoms with Crippen LogP contribution in [0.2, 0.25) is 5.02 Å². The van der Waals surface area contributed by atoms with Crippen molar-refractivity contribution in [1.82, 2.24) is 15.1 Å². The van der Waals surface area contributed by atoms with E-state index < -0.39 is 0 Å². The number of carbonyl (C=O) groups excluding carboxylic acids is 1. The molecule has 3 aromatic rings. The van der Waals surface area contributed by atoms with Crippen molar-refractivity contribution in [1.29, 1.82) is 0 Å². The maximum atomic E-state index is 12.4. The van der Waals surface area contributed by atoms with Crippen LogP contribution in [0.25, 0.3) is 11.3 Å². The molecular weight excluding hydrogens is 424 g/mol. The Kier molecular flexibility index (Phi) is 8.87. The van der Waals surface area contributed by atoms with Crippen molar-refractivity contribution in [2.75, 3.05) is 24.5 Å². The minimum Gasteiger partial charge on any atom is -0.371 e. The second-order valence-corrected chi connectivity index (χ2v) is 8.04. The van der Waals surface area contributed by atoms with Gasteiger partial charge in [-0.2, -0.15) is 5.10 Å². The number of nitrogens with one attached hydrogen (secondary N) is 1. The zero-order chi connectivity index (χ0) is 22.8. The third-order valence-corrected chi connectivity index (χ3v) is 5.38. The van der Waals surface area contributed by atoms with E-state index in [4.69, 9.17) is 11.6 Å². The normalized spacial score (nSPS) is 10.7. The molecule has 0 radical (unpaired) electrons. The maximum Gasteiger partial charge on any atom is 0.267 e. The van der Waals surface area contributed by atoms with Gasteiger partial charge in [0.25, 0.3) is 5.56 Å². The molecule has 6 nitrogen and oxygen atoms in total. The number of rotatable bonds is 11. The number of para-hydroxylation sites is 1. The Balaban J connectivity index is 1.52. The molecule has 168 valence electrons. The molecule has 3 rings (SSSR count). The summed E-state index contributed by atoms with van der Waals surface area (Å²) < 4.78 is 1.19. The molecule has 2 aromatic carbocycles. The summed E-state index contributed by atoms with van der Waals surface area (Å²) in [5.41, 5.74) is 2.33. The average Bonchev–Trinajstić information content (AvgIpc) is 2.81. The number of hydrogen-bond donors (Lipinski definition) is 1. The molecule has 0 aliphatic rings. The second-order valence-electron chi connectivity index (χ2n) is 7.60. The van der Waals surface area contributed by atoms with Gasteiger partial charge in [-0.15, -0.1) is 0 Å². The Morgan fingerprint density at radius 2 is 1.72 bits per heavy atom. The fraction of sp³-hybridized carbons (Fsp3) is 0.320. The first-order valence-corrected chi connectivity index (χ1v) is 11.4. The van der Waals surface area contributed by atoms with Crippen LogP contribution >= 0.6 is 11.6 Å². The number of anilines is 1. The fourth-order valence-corrected chi connectivity index (χ4v) is 3.51. The Bertz CT molecular complexity index is 1050. The number of benzene rings is 2. The minimum absolute atomic E-state index is 0.113. The Hall–Kier alpha value is -3.12. The van der Waals surface area contributed by atoms with E-state index in [1.807, 2.05) is 30.3 Å². The number of halogens is 1. The summed E-state index contributed by atoms with van der Waals surface area (Å²) in [6.45, 7) is 4.46. The molecule has 1 amide bonds. The molecule has 0 unspecified atom stereocenters. The van der Waals surface area contributed by atoms with Crippen molar-refractivity contribution in [3.63, 3.8) is 0 Å². The third-order valence-electron chi connectivity index (χ3n) is 5.13. The quantitative estimate of drug-likeness (QED) is 0.438. The molecule has 32 heavy (non-hydrogen) atoms. The van der Waals surface area contributed by atoms with E-state index in [1.54, 1.807) is 18.2 Å². The van der Waals surface area contributed by atoms with Crippen molar-refractivity contribution in [2.45, 2.75) is 32.7 Å². The molecule has 0 aliphatic heterocycles. The number of unbranched alkanes of at least 4 members (excludes halogenated alkanes) is 1. The van der Waals surface area contributed by atoms with Crippen molar-refractivity contribution >= 4 is 23.2 Å². The largest absolute Gasteiger partial charge is 0.371 e. The Morgan fingerprint density at radius 3 is 2.44 bits per heavy atom. The molecular formula is C25H29ClN4O2. The molecule has 0 spiro atoms. The van der Waals surface area contributed by atoms with E-state index in [9.17, 15) is 9.59 Å². The van der Waals surface area contributed by atoms with Crippen LogP contribution in [0.1, 0.15) is 26.2 Å². The van der Waals surface area contributed by atoms with Crippen molar-refractivity contribution < 1.29 is 4.79 Å². The highest BCUT2D eigenvalue weighted by Gasteiger charge is 2.09. The number of aromatic nitrogens is 2. The molecule has 1 N–H and O–H groups in total. The predicted octanol–water partition coefficient (Wildman–Crippen LogP) is 4.38. The molecule has 1 aromatic heterocycles. The van der Waals surface area contributed by atoms with Gasteiger partial charge in [-0.05, 0) is 43.2 Å². The number of amides is 1. The monoisotopic (exact) mass is 452 g/mol. The second kappa shape index (κ2) is 12.1. The van der Waals surface area contributed by atoms with Crippen LogP contribution in [0.15, 0.2) is 71.5 Å². The third kappa shape index (κ3) is 6.95. The van der Waals surface area contributed by atoms with Gasteiger partial charge in [0.05, 0.1) is 5.69 Å². The van der Waals surface area contributed by atoms with Gasteiger partial charge in [0.15, 0.2) is 0 Å². The summed E-state index contributed by atoms with van der Waals surface area (Å²) in [5.74, 6) is -0.229. The van der Waals surface area contributed by atoms with Gasteiger partial charge in [0.2, 0.25) is 5.91 Å². The zero-order valence-corrected chi connectivity index (χ0v) is 19.1. The van der Waals surface area contributed by atoms with Gasteiger partial charge < -0.3 is 10.2 Å². The van der Waals surface area contributed by atoms with Gasteiger partial charge in [0, 0.05) is 42.0 Å². The molecule has 0 saturated heterocycles. The number of hydrogen-bond acceptors (Lipinski definition) is 4. The first-order chi connectivity index (χ1) is 15.6. The van der Waals surface area contributed by atoms with Gasteiger partial charge in [-0.1, -0.05) is 55.3 Å². The smallest absolute Gasteiger partial charge is 0.267 e. The van der Waals surface area contributed by atoms with Crippen LogP contribution in [0.4, 0.5) is 5.69 Å². The lowest BCUT2D eigenvalue weighted by Gasteiger charge is -2.24. The maximum absolute atomic E-state index is 12.4. The first-order valence-electron chi connectivity index (χ1n) is 11.0. The predicted molar refractivity (Wildman–Crippen MR) is 130 cm³/mol. The van der Waals surface area contributed by atoms with E-state index in [2.05, 4.69) is 34.4 Å². The topological polar surface area (TPSA) is 67.2 Å². The van der Waals surface area contributed by atoms with Gasteiger partial charge >= 0.3 is 0 Å². The standard InChI is InChI=1S/C25H29ClN4O2/c1-2-3-17-29(22-8-5-4-6-9-22)18-7-16-27-24(31)19-30-25(32)15-14-23(28-30)20-10-12-21(26)13-11-20/h4-6,8-15H,2-3,7,16-19H2,1H3,(H,27,31). The lowest BCUT2D eigenvalue weighted by atomic mass is 10.1. The summed E-state index contributed by atoms with van der Waals surface area (Å²) in [7, 11) is 0. The van der Waals surface area contributed by atoms with E-state index in [-0.39, 0.29) is 18.0 Å². The van der Waals surface area contributed by atoms with E-state index in [0.29, 0.717) is 17.3 Å². The highest BCUT2D eigenvalue weighted by atomic mass is 35.5. The fourth-order valence-electron chi connectivity index (χ4n) is 3.38. The Morgan fingerprint density at radius 1 is 1.00 bits per heavy atom. The highest BCUT2D eigenvalue weighted by molar-refractivity contribution is 6.30. The van der Waals surface area contributed by atoms with Gasteiger partial charge in [-0.25, -0.2) is 4.68 Å². The van der Waals surface area contributed by atoms with Crippen molar-refractivity contribution in [3.8, 4) is 11.3 Å². The number of nitrogens with zero attached hydrogens (tertiary/aromatic N) is 3. The molecule has 0 saturated carbocycles. The Labute approximate surface area is 193 Å². The van der Waals surface area contributed by atoms with Crippen LogP contribution in [0.5, 0.6) is 0 Å². The van der Waals surface area contributed by atoms with E-state index in [1.165, 1.54) is 16.4 Å². The molecule has 0 aliphatic carbocycles. The summed E-state index contributed by atoms with van der Waals surface area (Å²) in [6, 6.07) is 20.6. The minimum atomic E-state index is -0.312. The summed E-state index contributed by atoms with van der Waals surface area (Å²) >= 11 is 5.93. The first kappa shape index (κ1) is 23.5. The van der Waals surface area contributed by atoms with Crippen LogP contribution in [-0.4, -0.2) is 35.3 Å². The summed E-state index contributed by atoms with van der Waals surface area (Å²) in [4.78, 5) is 26.9. The highest BCUT2D eigenvalue weighted by Crippen LogP contribution is 2.18. The molecule has 7 heteroatoms. The zero-order valence-electron chi connectivity index (χ0n) is 18.3. The summed E-state index contributed by atoms with van der Waals surface area (Å²) in [5, 5.41) is 7.87. The van der Waals surface area contributed by atoms with Crippen molar-refractivity contribution in [2.24, 2.45) is 0 Å². The van der Waals surface area contributed by atoms with Crippen LogP contribution < -0.4 is 15.8 Å². The van der Waals surface area contributed by atoms with Crippen LogP contribution in [0, 0.1) is 0 Å². The SMILES string of the molecule is CCCCN(CCCNC(=O)Cn1nc(-c2ccc(Cl)cc2)ccc1=O)c1ccccc1. The van der Waals surface area contributed by atoms with Crippen LogP contribution in [-0.2, 0) is 11.3 Å². The van der Waals surface area contributed by atoms with Crippen molar-refractivity contribution in [3.05, 3.63) is 82.1 Å². The lowest BCUT2D eigenvalue weighted by Crippen LogP contribution is -2.35. The van der Waals surface area contributed by atoms with E-state index in [0.717, 1.165) is 37.9 Å². The van der Waals surface area contributed by atoms with E-state index >= 15 is 0 Å². The number of carbonyl (C=O) groups is 1. The molecule has 1 heterocycles. The average molecular weight is 453 g/mol. The van der Waals surface area contributed by atoms with Gasteiger partial charge in [-0.3, -0.25) is 9.59 Å².